The van der Waals surface area contributed by atoms with Gasteiger partial charge in [0.1, 0.15) is 16.6 Å². The van der Waals surface area contributed by atoms with Crippen LogP contribution >= 0.6 is 22.9 Å². The van der Waals surface area contributed by atoms with Gasteiger partial charge in [-0.25, -0.2) is 15.0 Å². The van der Waals surface area contributed by atoms with E-state index in [1.54, 1.807) is 24.7 Å². The third-order valence-corrected chi connectivity index (χ3v) is 5.13. The summed E-state index contributed by atoms with van der Waals surface area (Å²) >= 11 is 7.54. The third-order valence-electron chi connectivity index (χ3n) is 3.77. The van der Waals surface area contributed by atoms with Gasteiger partial charge in [0.05, 0.1) is 10.6 Å². The van der Waals surface area contributed by atoms with Crippen LogP contribution < -0.4 is 5.32 Å². The maximum absolute atomic E-state index is 11.3. The van der Waals surface area contributed by atoms with E-state index < -0.39 is 0 Å². The second kappa shape index (κ2) is 7.30. The first-order valence-corrected chi connectivity index (χ1v) is 9.30. The second-order valence-electron chi connectivity index (χ2n) is 5.75. The van der Waals surface area contributed by atoms with E-state index in [4.69, 9.17) is 16.6 Å². The molecule has 0 fully saturated rings. The van der Waals surface area contributed by atoms with Crippen LogP contribution in [-0.4, -0.2) is 25.8 Å². The molecule has 4 rings (SSSR count). The van der Waals surface area contributed by atoms with Crippen LogP contribution in [0.5, 0.6) is 0 Å². The van der Waals surface area contributed by atoms with Crippen LogP contribution in [0.25, 0.3) is 32.5 Å². The predicted molar refractivity (Wildman–Crippen MR) is 108 cm³/mol. The second-order valence-corrected chi connectivity index (χ2v) is 7.19. The topological polar surface area (TPSA) is 83.6 Å². The van der Waals surface area contributed by atoms with E-state index in [2.05, 4.69) is 20.3 Å². The first kappa shape index (κ1) is 17.4. The number of aromatic amines is 1. The number of carbonyl (C=O) groups excluding carboxylic acids is 1. The number of hydrogen-bond donors (Lipinski definition) is 2. The molecule has 0 saturated heterocycles. The molecule has 3 heterocycles. The van der Waals surface area contributed by atoms with Crippen molar-refractivity contribution >= 4 is 34.7 Å². The minimum Gasteiger partial charge on any atom is -0.344 e. The van der Waals surface area contributed by atoms with Crippen molar-refractivity contribution in [2.24, 2.45) is 0 Å². The highest BCUT2D eigenvalue weighted by Gasteiger charge is 2.18. The Morgan fingerprint density at radius 2 is 1.93 bits per heavy atom. The minimum atomic E-state index is -0.170. The van der Waals surface area contributed by atoms with Crippen LogP contribution in [0.1, 0.15) is 6.92 Å². The largest absolute Gasteiger partial charge is 0.344 e. The quantitative estimate of drug-likeness (QED) is 0.516. The number of imidazole rings is 1. The number of benzene rings is 1. The number of carbonyl (C=O) groups is 1. The summed E-state index contributed by atoms with van der Waals surface area (Å²) in [6.07, 6.45) is 5.14. The van der Waals surface area contributed by atoms with Gasteiger partial charge in [-0.05, 0) is 24.3 Å². The van der Waals surface area contributed by atoms with Crippen molar-refractivity contribution in [2.75, 3.05) is 5.32 Å². The van der Waals surface area contributed by atoms with Gasteiger partial charge in [0.2, 0.25) is 5.91 Å². The van der Waals surface area contributed by atoms with Gasteiger partial charge < -0.3 is 10.3 Å². The molecule has 0 radical (unpaired) electrons. The maximum Gasteiger partial charge on any atom is 0.222 e. The predicted octanol–water partition coefficient (Wildman–Crippen LogP) is 4.87. The fourth-order valence-corrected chi connectivity index (χ4v) is 3.78. The molecule has 0 saturated carbocycles. The van der Waals surface area contributed by atoms with E-state index in [0.717, 1.165) is 32.5 Å². The van der Waals surface area contributed by atoms with Crippen LogP contribution in [0.15, 0.2) is 55.0 Å². The number of nitrogens with zero attached hydrogens (tertiary/aromatic N) is 3. The van der Waals surface area contributed by atoms with Crippen LogP contribution in [-0.2, 0) is 4.79 Å². The monoisotopic (exact) mass is 395 g/mol. The zero-order chi connectivity index (χ0) is 18.8. The van der Waals surface area contributed by atoms with E-state index in [1.165, 1.54) is 18.3 Å². The molecular weight excluding hydrogens is 382 g/mol. The minimum absolute atomic E-state index is 0.170. The molecule has 1 aromatic carbocycles. The lowest BCUT2D eigenvalue weighted by Crippen LogP contribution is -2.07. The van der Waals surface area contributed by atoms with Crippen molar-refractivity contribution in [1.29, 1.82) is 0 Å². The smallest absolute Gasteiger partial charge is 0.222 e. The van der Waals surface area contributed by atoms with Gasteiger partial charge >= 0.3 is 0 Å². The number of aromatic nitrogens is 4. The first-order valence-electron chi connectivity index (χ1n) is 8.10. The molecular formula is C19H14ClN5OS. The lowest BCUT2D eigenvalue weighted by molar-refractivity contribution is -0.114. The van der Waals surface area contributed by atoms with E-state index in [1.807, 2.05) is 30.3 Å². The molecule has 0 aliphatic carbocycles. The number of hydrogen-bond acceptors (Lipinski definition) is 5. The molecule has 3 aromatic heterocycles. The molecule has 2 N–H and O–H groups in total. The number of halogens is 1. The molecule has 4 aromatic rings. The van der Waals surface area contributed by atoms with E-state index >= 15 is 0 Å². The lowest BCUT2D eigenvalue weighted by Gasteiger charge is -2.02. The summed E-state index contributed by atoms with van der Waals surface area (Å²) in [5.41, 5.74) is 2.63. The highest BCUT2D eigenvalue weighted by atomic mass is 35.5. The number of rotatable bonds is 4. The average Bonchev–Trinajstić information content (AvgIpc) is 3.32. The van der Waals surface area contributed by atoms with Crippen molar-refractivity contribution in [3.8, 4) is 32.5 Å². The molecule has 0 atom stereocenters. The summed E-state index contributed by atoms with van der Waals surface area (Å²) < 4.78 is 0. The van der Waals surface area contributed by atoms with Gasteiger partial charge in [0.15, 0.2) is 0 Å². The summed E-state index contributed by atoms with van der Waals surface area (Å²) in [7, 11) is 0. The van der Waals surface area contributed by atoms with Gasteiger partial charge in [-0.2, -0.15) is 0 Å². The lowest BCUT2D eigenvalue weighted by atomic mass is 10.1. The first-order chi connectivity index (χ1) is 13.1. The number of amides is 1. The molecule has 0 spiro atoms. The van der Waals surface area contributed by atoms with Crippen LogP contribution in [0.3, 0.4) is 0 Å². The van der Waals surface area contributed by atoms with Crippen molar-refractivity contribution in [1.82, 2.24) is 19.9 Å². The van der Waals surface area contributed by atoms with Gasteiger partial charge in [0, 0.05) is 41.7 Å². The Morgan fingerprint density at radius 1 is 1.11 bits per heavy atom. The summed E-state index contributed by atoms with van der Waals surface area (Å²) in [6.45, 7) is 1.45. The van der Waals surface area contributed by atoms with E-state index in [9.17, 15) is 4.79 Å². The van der Waals surface area contributed by atoms with Crippen LogP contribution in [0.4, 0.5) is 5.82 Å². The van der Waals surface area contributed by atoms with Crippen molar-refractivity contribution in [3.05, 3.63) is 60.0 Å². The summed E-state index contributed by atoms with van der Waals surface area (Å²) in [5.74, 6) is 1.07. The zero-order valence-corrected chi connectivity index (χ0v) is 15.8. The van der Waals surface area contributed by atoms with Crippen molar-refractivity contribution < 1.29 is 4.79 Å². The molecule has 0 aliphatic rings. The maximum atomic E-state index is 11.3. The molecule has 8 heteroatoms. The molecule has 0 bridgehead atoms. The molecule has 6 nitrogen and oxygen atoms in total. The summed E-state index contributed by atoms with van der Waals surface area (Å²) in [4.78, 5) is 28.7. The molecule has 134 valence electrons. The Morgan fingerprint density at radius 3 is 2.63 bits per heavy atom. The number of pyridine rings is 1. The van der Waals surface area contributed by atoms with Crippen LogP contribution in [0.2, 0.25) is 5.02 Å². The van der Waals surface area contributed by atoms with Gasteiger partial charge in [-0.3, -0.25) is 4.79 Å². The van der Waals surface area contributed by atoms with Gasteiger partial charge in [-0.1, -0.05) is 23.7 Å². The number of nitrogens with one attached hydrogen (secondary N) is 2. The Bertz CT molecular complexity index is 1090. The summed E-state index contributed by atoms with van der Waals surface area (Å²) in [6, 6.07) is 11.2. The Kier molecular flexibility index (Phi) is 4.70. The Balaban J connectivity index is 1.82. The van der Waals surface area contributed by atoms with Gasteiger partial charge in [-0.15, -0.1) is 11.3 Å². The molecule has 0 unspecified atom stereocenters. The SMILES string of the molecule is CC(=O)Nc1cc(-c2nc(-c3ccc(Cl)cc3)c(-c3ncc[nH]3)s2)ccn1. The fraction of sp³-hybridized carbons (Fsp3) is 0.0526. The molecule has 1 amide bonds. The van der Waals surface area contributed by atoms with Gasteiger partial charge in [0.25, 0.3) is 0 Å². The standard InChI is InChI=1S/C19H14ClN5OS/c1-11(26)24-15-10-13(6-7-21-15)19-25-16(12-2-4-14(20)5-3-12)17(27-19)18-22-8-9-23-18/h2-10H,1H3,(H,22,23)(H,21,24,26). The van der Waals surface area contributed by atoms with E-state index in [0.29, 0.717) is 10.8 Å². The fourth-order valence-electron chi connectivity index (χ4n) is 2.61. The molecule has 0 aliphatic heterocycles. The average molecular weight is 396 g/mol. The third kappa shape index (κ3) is 3.74. The van der Waals surface area contributed by atoms with E-state index in [-0.39, 0.29) is 5.91 Å². The highest BCUT2D eigenvalue weighted by Crippen LogP contribution is 2.39. The number of H-pyrrole nitrogens is 1. The Hall–Kier alpha value is -3.03. The summed E-state index contributed by atoms with van der Waals surface area (Å²) in [5, 5.41) is 4.17. The highest BCUT2D eigenvalue weighted by molar-refractivity contribution is 7.18. The van der Waals surface area contributed by atoms with Crippen molar-refractivity contribution in [2.45, 2.75) is 6.92 Å². The number of anilines is 1. The zero-order valence-electron chi connectivity index (χ0n) is 14.2. The molecule has 27 heavy (non-hydrogen) atoms. The van der Waals surface area contributed by atoms with Crippen LogP contribution in [0, 0.1) is 0 Å². The normalized spacial score (nSPS) is 10.7. The Labute approximate surface area is 164 Å². The van der Waals surface area contributed by atoms with Crippen molar-refractivity contribution in [3.63, 3.8) is 0 Å². The number of thiazole rings is 1.